The molecule has 0 fully saturated rings. The minimum atomic E-state index is -0.901. The molecule has 0 aliphatic rings. The summed E-state index contributed by atoms with van der Waals surface area (Å²) in [6, 6.07) is 19.5. The topological polar surface area (TPSA) is 87.7 Å². The third kappa shape index (κ3) is 7.59. The predicted molar refractivity (Wildman–Crippen MR) is 156 cm³/mol. The third-order valence-electron chi connectivity index (χ3n) is 6.84. The second-order valence-corrected chi connectivity index (χ2v) is 10.9. The first kappa shape index (κ1) is 29.7. The number of fused-ring (bicyclic) bond motifs is 1. The summed E-state index contributed by atoms with van der Waals surface area (Å²) < 4.78 is 5.45. The molecule has 0 spiro atoms. The second kappa shape index (κ2) is 12.8. The second-order valence-electron chi connectivity index (χ2n) is 10.9. The molecule has 3 unspecified atom stereocenters. The maximum absolute atomic E-state index is 14.1. The Morgan fingerprint density at radius 1 is 0.923 bits per heavy atom. The predicted octanol–water partition coefficient (Wildman–Crippen LogP) is 6.62. The Hall–Kier alpha value is -3.87. The molecule has 208 valence electrons. The highest BCUT2D eigenvalue weighted by Gasteiger charge is 2.38. The van der Waals surface area contributed by atoms with E-state index in [1.165, 1.54) is 0 Å². The van der Waals surface area contributed by atoms with Crippen molar-refractivity contribution in [2.75, 3.05) is 11.9 Å². The first-order valence-electron chi connectivity index (χ1n) is 13.6. The van der Waals surface area contributed by atoms with Crippen LogP contribution in [0, 0.1) is 12.8 Å². The van der Waals surface area contributed by atoms with Crippen molar-refractivity contribution in [1.29, 1.82) is 0 Å². The summed E-state index contributed by atoms with van der Waals surface area (Å²) in [4.78, 5) is 42.3. The number of amides is 3. The van der Waals surface area contributed by atoms with Crippen molar-refractivity contribution >= 4 is 34.4 Å². The molecular weight excluding hydrogens is 490 g/mol. The van der Waals surface area contributed by atoms with Gasteiger partial charge in [-0.05, 0) is 74.6 Å². The Bertz CT molecular complexity index is 1310. The van der Waals surface area contributed by atoms with Crippen molar-refractivity contribution in [3.05, 3.63) is 77.9 Å². The molecule has 0 heterocycles. The van der Waals surface area contributed by atoms with Crippen molar-refractivity contribution in [1.82, 2.24) is 10.2 Å². The largest absolute Gasteiger partial charge is 0.444 e. The highest BCUT2D eigenvalue weighted by molar-refractivity contribution is 6.00. The first-order valence-corrected chi connectivity index (χ1v) is 13.6. The molecule has 0 aliphatic carbocycles. The number of carbonyl (C=O) groups excluding carboxylic acids is 3. The normalized spacial score (nSPS) is 13.7. The van der Waals surface area contributed by atoms with Gasteiger partial charge in [-0.3, -0.25) is 9.59 Å². The van der Waals surface area contributed by atoms with E-state index >= 15 is 0 Å². The molecular formula is C32H41N3O4. The van der Waals surface area contributed by atoms with E-state index in [-0.39, 0.29) is 24.3 Å². The molecule has 3 aromatic rings. The minimum absolute atomic E-state index is 0.180. The molecule has 3 rings (SSSR count). The molecule has 0 radical (unpaired) electrons. The lowest BCUT2D eigenvalue weighted by molar-refractivity contribution is -0.141. The highest BCUT2D eigenvalue weighted by atomic mass is 16.6. The van der Waals surface area contributed by atoms with Gasteiger partial charge in [0.05, 0.1) is 0 Å². The van der Waals surface area contributed by atoms with Gasteiger partial charge in [0.2, 0.25) is 5.91 Å². The number of likely N-dealkylation sites (N-methyl/N-ethyl adjacent to an activating group) is 1. The van der Waals surface area contributed by atoms with Crippen LogP contribution in [0.5, 0.6) is 0 Å². The summed E-state index contributed by atoms with van der Waals surface area (Å²) in [6.07, 6.45) is -0.00696. The zero-order valence-electron chi connectivity index (χ0n) is 24.1. The molecule has 7 nitrogen and oxygen atoms in total. The lowest BCUT2D eigenvalue weighted by Gasteiger charge is -2.36. The van der Waals surface area contributed by atoms with Gasteiger partial charge in [0.25, 0.3) is 5.91 Å². The van der Waals surface area contributed by atoms with Crippen LogP contribution in [0.3, 0.4) is 0 Å². The van der Waals surface area contributed by atoms with E-state index in [2.05, 4.69) is 10.6 Å². The van der Waals surface area contributed by atoms with Gasteiger partial charge in [0.15, 0.2) is 0 Å². The first-order chi connectivity index (χ1) is 18.4. The van der Waals surface area contributed by atoms with Crippen LogP contribution < -0.4 is 10.6 Å². The fourth-order valence-corrected chi connectivity index (χ4v) is 4.58. The fraction of sp³-hybridized carbons (Fsp3) is 0.406. The molecule has 3 aromatic carbocycles. The van der Waals surface area contributed by atoms with Crippen LogP contribution in [0.2, 0.25) is 0 Å². The summed E-state index contributed by atoms with van der Waals surface area (Å²) in [5, 5.41) is 7.90. The molecule has 0 saturated heterocycles. The molecule has 0 aromatic heterocycles. The van der Waals surface area contributed by atoms with Gasteiger partial charge in [0, 0.05) is 12.2 Å². The zero-order chi connectivity index (χ0) is 28.7. The van der Waals surface area contributed by atoms with E-state index in [4.69, 9.17) is 4.74 Å². The molecule has 3 amide bonds. The minimum Gasteiger partial charge on any atom is -0.444 e. The Labute approximate surface area is 231 Å². The smallest absolute Gasteiger partial charge is 0.408 e. The van der Waals surface area contributed by atoms with Gasteiger partial charge in [-0.1, -0.05) is 74.9 Å². The van der Waals surface area contributed by atoms with Crippen molar-refractivity contribution in [3.63, 3.8) is 0 Å². The van der Waals surface area contributed by atoms with E-state index in [0.29, 0.717) is 12.1 Å². The number of benzene rings is 3. The standard InChI is InChI=1S/C32H41N3O4/c1-8-21(3)27(34-31(38)39-32(5,6)7)30(37)35(9-2)28(26-17-13-10-14-22(26)4)29(36)33-25-19-18-23-15-11-12-16-24(23)20-25/h10-21,27-28H,8-9H2,1-7H3,(H,33,36)(H,34,38). The SMILES string of the molecule is CCC(C)C(NC(=O)OC(C)(C)C)C(=O)N(CC)C(C(=O)Nc1ccc2ccccc2c1)c1ccccc1C. The van der Waals surface area contributed by atoms with Gasteiger partial charge in [-0.25, -0.2) is 4.79 Å². The zero-order valence-corrected chi connectivity index (χ0v) is 24.1. The summed E-state index contributed by atoms with van der Waals surface area (Å²) in [5.74, 6) is -0.838. The Kier molecular flexibility index (Phi) is 9.73. The van der Waals surface area contributed by atoms with Crippen molar-refractivity contribution < 1.29 is 19.1 Å². The number of hydrogen-bond acceptors (Lipinski definition) is 4. The van der Waals surface area contributed by atoms with E-state index in [1.54, 1.807) is 25.7 Å². The van der Waals surface area contributed by atoms with Gasteiger partial charge >= 0.3 is 6.09 Å². The number of nitrogens with one attached hydrogen (secondary N) is 2. The molecule has 0 aliphatic heterocycles. The fourth-order valence-electron chi connectivity index (χ4n) is 4.58. The van der Waals surface area contributed by atoms with Gasteiger partial charge in [-0.15, -0.1) is 0 Å². The number of aryl methyl sites for hydroxylation is 1. The third-order valence-corrected chi connectivity index (χ3v) is 6.84. The lowest BCUT2D eigenvalue weighted by Crippen LogP contribution is -2.54. The van der Waals surface area contributed by atoms with Crippen molar-refractivity contribution in [3.8, 4) is 0 Å². The summed E-state index contributed by atoms with van der Waals surface area (Å²) >= 11 is 0. The number of ether oxygens (including phenoxy) is 1. The van der Waals surface area contributed by atoms with Crippen molar-refractivity contribution in [2.45, 2.75) is 72.6 Å². The van der Waals surface area contributed by atoms with Crippen molar-refractivity contribution in [2.24, 2.45) is 5.92 Å². The van der Waals surface area contributed by atoms with Crippen LogP contribution >= 0.6 is 0 Å². The Morgan fingerprint density at radius 2 is 1.56 bits per heavy atom. The highest BCUT2D eigenvalue weighted by Crippen LogP contribution is 2.29. The maximum Gasteiger partial charge on any atom is 0.408 e. The maximum atomic E-state index is 14.1. The van der Waals surface area contributed by atoms with Crippen LogP contribution in [0.15, 0.2) is 66.7 Å². The quantitative estimate of drug-likeness (QED) is 0.325. The number of alkyl carbamates (subject to hydrolysis) is 1. The average Bonchev–Trinajstić information content (AvgIpc) is 2.89. The Balaban J connectivity index is 1.99. The van der Waals surface area contributed by atoms with Crippen LogP contribution in [0.1, 0.15) is 65.1 Å². The Morgan fingerprint density at radius 3 is 2.18 bits per heavy atom. The molecule has 2 N–H and O–H groups in total. The average molecular weight is 532 g/mol. The van der Waals surface area contributed by atoms with E-state index in [1.807, 2.05) is 94.4 Å². The molecule has 0 bridgehead atoms. The number of rotatable bonds is 9. The van der Waals surface area contributed by atoms with Crippen LogP contribution in [0.25, 0.3) is 10.8 Å². The monoisotopic (exact) mass is 531 g/mol. The molecule has 0 saturated carbocycles. The number of nitrogens with zero attached hydrogens (tertiary/aromatic N) is 1. The van der Waals surface area contributed by atoms with Gasteiger partial charge in [0.1, 0.15) is 17.7 Å². The van der Waals surface area contributed by atoms with Gasteiger partial charge < -0.3 is 20.3 Å². The van der Waals surface area contributed by atoms with E-state index < -0.39 is 23.8 Å². The van der Waals surface area contributed by atoms with Crippen LogP contribution in [-0.2, 0) is 14.3 Å². The number of anilines is 1. The molecule has 39 heavy (non-hydrogen) atoms. The summed E-state index contributed by atoms with van der Waals surface area (Å²) in [7, 11) is 0. The summed E-state index contributed by atoms with van der Waals surface area (Å²) in [6.45, 7) is 13.2. The molecule has 7 heteroatoms. The van der Waals surface area contributed by atoms with Crippen LogP contribution in [0.4, 0.5) is 10.5 Å². The van der Waals surface area contributed by atoms with E-state index in [9.17, 15) is 14.4 Å². The van der Waals surface area contributed by atoms with Gasteiger partial charge in [-0.2, -0.15) is 0 Å². The molecule has 3 atom stereocenters. The number of carbonyl (C=O) groups is 3. The number of hydrogen-bond donors (Lipinski definition) is 2. The lowest BCUT2D eigenvalue weighted by atomic mass is 9.94. The summed E-state index contributed by atoms with van der Waals surface area (Å²) in [5.41, 5.74) is 1.56. The van der Waals surface area contributed by atoms with E-state index in [0.717, 1.165) is 21.9 Å². The van der Waals surface area contributed by atoms with Crippen LogP contribution in [-0.4, -0.2) is 41.0 Å².